The van der Waals surface area contributed by atoms with Gasteiger partial charge in [0.2, 0.25) is 0 Å². The van der Waals surface area contributed by atoms with Crippen molar-refractivity contribution in [3.05, 3.63) is 0 Å². The van der Waals surface area contributed by atoms with Gasteiger partial charge in [0.15, 0.2) is 6.29 Å². The number of aliphatic hydroxyl groups is 4. The zero-order chi connectivity index (χ0) is 12.5. The summed E-state index contributed by atoms with van der Waals surface area (Å²) in [4.78, 5) is 17.1. The summed E-state index contributed by atoms with van der Waals surface area (Å²) >= 11 is 0. The number of hydrogen-bond acceptors (Lipinski definition) is 7. The second-order valence-electron chi connectivity index (χ2n) is 3.29. The molecule has 96 valence electrons. The third kappa shape index (κ3) is 3.20. The molecule has 0 radical (unpaired) electrons. The molecule has 1 heterocycles. The predicted molar refractivity (Wildman–Crippen MR) is 46.9 cm³/mol. The van der Waals surface area contributed by atoms with E-state index in [1.165, 1.54) is 0 Å². The molecular formula is C6H13O9P. The highest BCUT2D eigenvalue weighted by molar-refractivity contribution is 7.46. The van der Waals surface area contributed by atoms with Crippen molar-refractivity contribution in [2.45, 2.75) is 30.7 Å². The molecule has 0 spiro atoms. The summed E-state index contributed by atoms with van der Waals surface area (Å²) in [5.74, 6) is 0. The van der Waals surface area contributed by atoms with Gasteiger partial charge < -0.3 is 34.9 Å². The summed E-state index contributed by atoms with van der Waals surface area (Å²) < 4.78 is 19.3. The third-order valence-corrected chi connectivity index (χ3v) is 2.62. The molecule has 1 rings (SSSR count). The SMILES string of the molecule is O=P(O)(O)O[C@@H]1[C@@H](O)[C@H](O)O[C@H](CO)[C@@H]1O. The summed E-state index contributed by atoms with van der Waals surface area (Å²) in [6, 6.07) is 0. The van der Waals surface area contributed by atoms with Gasteiger partial charge in [-0.15, -0.1) is 0 Å². The van der Waals surface area contributed by atoms with Crippen LogP contribution in [0.4, 0.5) is 0 Å². The van der Waals surface area contributed by atoms with Crippen LogP contribution in [0.5, 0.6) is 0 Å². The average molecular weight is 260 g/mol. The van der Waals surface area contributed by atoms with E-state index in [9.17, 15) is 14.8 Å². The number of rotatable bonds is 3. The van der Waals surface area contributed by atoms with E-state index in [-0.39, 0.29) is 0 Å². The first-order chi connectivity index (χ1) is 7.26. The van der Waals surface area contributed by atoms with Crippen molar-refractivity contribution in [1.29, 1.82) is 0 Å². The molecule has 1 fully saturated rings. The quantitative estimate of drug-likeness (QED) is 0.289. The van der Waals surface area contributed by atoms with E-state index in [1.54, 1.807) is 0 Å². The molecule has 1 aliphatic heterocycles. The van der Waals surface area contributed by atoms with Gasteiger partial charge in [0.05, 0.1) is 6.61 Å². The monoisotopic (exact) mass is 260 g/mol. The Balaban J connectivity index is 2.81. The lowest BCUT2D eigenvalue weighted by atomic mass is 9.99. The topological polar surface area (TPSA) is 157 Å². The molecule has 0 aromatic heterocycles. The van der Waals surface area contributed by atoms with Gasteiger partial charge in [0.1, 0.15) is 24.4 Å². The fourth-order valence-corrected chi connectivity index (χ4v) is 1.92. The number of phosphoric acid groups is 1. The summed E-state index contributed by atoms with van der Waals surface area (Å²) in [5, 5.41) is 36.6. The second kappa shape index (κ2) is 5.05. The maximum atomic E-state index is 10.6. The molecule has 0 aromatic rings. The van der Waals surface area contributed by atoms with Crippen LogP contribution in [0, 0.1) is 0 Å². The van der Waals surface area contributed by atoms with Gasteiger partial charge in [0.25, 0.3) is 0 Å². The molecule has 5 atom stereocenters. The molecule has 0 saturated carbocycles. The van der Waals surface area contributed by atoms with Crippen LogP contribution in [0.2, 0.25) is 0 Å². The number of hydrogen-bond donors (Lipinski definition) is 6. The first kappa shape index (κ1) is 14.0. The number of aliphatic hydroxyl groups excluding tert-OH is 4. The summed E-state index contributed by atoms with van der Waals surface area (Å²) in [6.07, 6.45) is -8.35. The molecule has 1 saturated heterocycles. The van der Waals surface area contributed by atoms with Crippen LogP contribution in [0.15, 0.2) is 0 Å². The van der Waals surface area contributed by atoms with Crippen LogP contribution in [-0.2, 0) is 13.8 Å². The number of phosphoric ester groups is 1. The molecule has 1 aliphatic rings. The largest absolute Gasteiger partial charge is 0.470 e. The fraction of sp³-hybridized carbons (Fsp3) is 1.00. The zero-order valence-corrected chi connectivity index (χ0v) is 8.84. The van der Waals surface area contributed by atoms with Crippen molar-refractivity contribution in [3.63, 3.8) is 0 Å². The Morgan fingerprint density at radius 1 is 1.19 bits per heavy atom. The van der Waals surface area contributed by atoms with E-state index in [1.807, 2.05) is 0 Å². The summed E-state index contributed by atoms with van der Waals surface area (Å²) in [6.45, 7) is -0.702. The lowest BCUT2D eigenvalue weighted by Crippen LogP contribution is -2.59. The molecule has 0 unspecified atom stereocenters. The standard InChI is InChI=1S/C6H13O9P/c7-1-2-3(8)5(15-16(11,12)13)4(9)6(10)14-2/h2-10H,1H2,(H2,11,12,13)/t2-,3+,4-,5+,6-/m1/s1. The first-order valence-electron chi connectivity index (χ1n) is 4.30. The number of ether oxygens (including phenoxy) is 1. The molecular weight excluding hydrogens is 247 g/mol. The van der Waals surface area contributed by atoms with Crippen LogP contribution in [0.25, 0.3) is 0 Å². The average Bonchev–Trinajstić information content (AvgIpc) is 2.17. The van der Waals surface area contributed by atoms with Crippen LogP contribution >= 0.6 is 7.82 Å². The Bertz CT molecular complexity index is 277. The van der Waals surface area contributed by atoms with Crippen molar-refractivity contribution in [1.82, 2.24) is 0 Å². The van der Waals surface area contributed by atoms with E-state index < -0.39 is 45.1 Å². The van der Waals surface area contributed by atoms with Crippen LogP contribution in [0.1, 0.15) is 0 Å². The minimum atomic E-state index is -4.94. The molecule has 10 heteroatoms. The highest BCUT2D eigenvalue weighted by Gasteiger charge is 2.47. The van der Waals surface area contributed by atoms with E-state index in [2.05, 4.69) is 9.26 Å². The Hall–Kier alpha value is -0.0900. The summed E-state index contributed by atoms with van der Waals surface area (Å²) in [7, 11) is -4.94. The molecule has 6 N–H and O–H groups in total. The van der Waals surface area contributed by atoms with Crippen LogP contribution < -0.4 is 0 Å². The van der Waals surface area contributed by atoms with Gasteiger partial charge >= 0.3 is 7.82 Å². The van der Waals surface area contributed by atoms with Gasteiger partial charge in [-0.1, -0.05) is 0 Å². The predicted octanol–water partition coefficient (Wildman–Crippen LogP) is -3.10. The van der Waals surface area contributed by atoms with Crippen LogP contribution in [-0.4, -0.2) is 67.5 Å². The van der Waals surface area contributed by atoms with Crippen molar-refractivity contribution < 1.29 is 44.0 Å². The smallest absolute Gasteiger partial charge is 0.394 e. The maximum absolute atomic E-state index is 10.6. The highest BCUT2D eigenvalue weighted by atomic mass is 31.2. The van der Waals surface area contributed by atoms with Crippen molar-refractivity contribution in [3.8, 4) is 0 Å². The molecule has 16 heavy (non-hydrogen) atoms. The lowest BCUT2D eigenvalue weighted by molar-refractivity contribution is -0.283. The lowest BCUT2D eigenvalue weighted by Gasteiger charge is -2.39. The summed E-state index contributed by atoms with van der Waals surface area (Å²) in [5.41, 5.74) is 0. The van der Waals surface area contributed by atoms with E-state index in [4.69, 9.17) is 20.0 Å². The van der Waals surface area contributed by atoms with E-state index in [0.717, 1.165) is 0 Å². The van der Waals surface area contributed by atoms with E-state index >= 15 is 0 Å². The van der Waals surface area contributed by atoms with Crippen molar-refractivity contribution in [2.75, 3.05) is 6.61 Å². The van der Waals surface area contributed by atoms with Gasteiger partial charge in [-0.05, 0) is 0 Å². The Kier molecular flexibility index (Phi) is 4.41. The molecule has 0 bridgehead atoms. The second-order valence-corrected chi connectivity index (χ2v) is 4.48. The van der Waals surface area contributed by atoms with Crippen LogP contribution in [0.3, 0.4) is 0 Å². The van der Waals surface area contributed by atoms with Crippen molar-refractivity contribution in [2.24, 2.45) is 0 Å². The van der Waals surface area contributed by atoms with Gasteiger partial charge in [0, 0.05) is 0 Å². The Morgan fingerprint density at radius 2 is 1.75 bits per heavy atom. The van der Waals surface area contributed by atoms with Gasteiger partial charge in [-0.3, -0.25) is 4.52 Å². The van der Waals surface area contributed by atoms with Gasteiger partial charge in [-0.2, -0.15) is 0 Å². The molecule has 0 aliphatic carbocycles. The minimum Gasteiger partial charge on any atom is -0.394 e. The maximum Gasteiger partial charge on any atom is 0.470 e. The third-order valence-electron chi connectivity index (χ3n) is 2.10. The molecule has 0 amide bonds. The van der Waals surface area contributed by atoms with Crippen molar-refractivity contribution >= 4 is 7.82 Å². The highest BCUT2D eigenvalue weighted by Crippen LogP contribution is 2.41. The molecule has 9 nitrogen and oxygen atoms in total. The first-order valence-corrected chi connectivity index (χ1v) is 5.83. The van der Waals surface area contributed by atoms with E-state index in [0.29, 0.717) is 0 Å². The minimum absolute atomic E-state index is 0.702. The Labute approximate surface area is 90.1 Å². The normalized spacial score (nSPS) is 41.0. The fourth-order valence-electron chi connectivity index (χ4n) is 1.35. The van der Waals surface area contributed by atoms with Gasteiger partial charge in [-0.25, -0.2) is 4.57 Å². The zero-order valence-electron chi connectivity index (χ0n) is 7.95. The Morgan fingerprint density at radius 3 is 2.19 bits per heavy atom. The molecule has 0 aromatic carbocycles.